The van der Waals surface area contributed by atoms with Crippen LogP contribution in [-0.4, -0.2) is 26.4 Å². The summed E-state index contributed by atoms with van der Waals surface area (Å²) in [7, 11) is 0. The highest BCUT2D eigenvalue weighted by Gasteiger charge is 2.17. The largest absolute Gasteiger partial charge is 0.382 e. The van der Waals surface area contributed by atoms with Crippen molar-refractivity contribution in [1.82, 2.24) is 14.8 Å². The zero-order chi connectivity index (χ0) is 17.2. The SMILES string of the molecule is N/N=C(\N)c1ccc(-n2ncc3cc(SCC4CCC4)cnc32)cc1. The number of nitrogens with zero attached hydrogens (tertiary/aromatic N) is 4. The van der Waals surface area contributed by atoms with Crippen LogP contribution in [0.3, 0.4) is 0 Å². The van der Waals surface area contributed by atoms with Gasteiger partial charge in [0.2, 0.25) is 0 Å². The molecule has 0 aliphatic heterocycles. The number of nitrogens with two attached hydrogens (primary N) is 2. The van der Waals surface area contributed by atoms with E-state index in [4.69, 9.17) is 11.6 Å². The highest BCUT2D eigenvalue weighted by atomic mass is 32.2. The van der Waals surface area contributed by atoms with Crippen LogP contribution in [0.5, 0.6) is 0 Å². The molecule has 25 heavy (non-hydrogen) atoms. The van der Waals surface area contributed by atoms with E-state index in [9.17, 15) is 0 Å². The highest BCUT2D eigenvalue weighted by molar-refractivity contribution is 7.99. The molecule has 128 valence electrons. The van der Waals surface area contributed by atoms with E-state index in [0.717, 1.165) is 28.2 Å². The molecule has 0 bridgehead atoms. The summed E-state index contributed by atoms with van der Waals surface area (Å²) in [5, 5.41) is 9.04. The molecule has 0 saturated heterocycles. The molecule has 0 unspecified atom stereocenters. The molecule has 3 aromatic rings. The lowest BCUT2D eigenvalue weighted by Gasteiger charge is -2.24. The Bertz CT molecular complexity index is 911. The Kier molecular flexibility index (Phi) is 4.31. The smallest absolute Gasteiger partial charge is 0.162 e. The fourth-order valence-electron chi connectivity index (χ4n) is 2.89. The minimum absolute atomic E-state index is 0.308. The molecular formula is C18H20N6S. The van der Waals surface area contributed by atoms with E-state index in [0.29, 0.717) is 5.84 Å². The van der Waals surface area contributed by atoms with Gasteiger partial charge >= 0.3 is 0 Å². The second kappa shape index (κ2) is 6.76. The van der Waals surface area contributed by atoms with E-state index in [1.54, 1.807) is 0 Å². The average molecular weight is 352 g/mol. The van der Waals surface area contributed by atoms with Crippen molar-refractivity contribution < 1.29 is 0 Å². The molecule has 1 aliphatic carbocycles. The molecule has 1 saturated carbocycles. The summed E-state index contributed by atoms with van der Waals surface area (Å²) < 4.78 is 1.83. The number of hydrazone groups is 1. The summed E-state index contributed by atoms with van der Waals surface area (Å²) in [5.41, 5.74) is 8.28. The van der Waals surface area contributed by atoms with E-state index >= 15 is 0 Å². The Morgan fingerprint density at radius 1 is 1.24 bits per heavy atom. The van der Waals surface area contributed by atoms with E-state index < -0.39 is 0 Å². The second-order valence-electron chi connectivity index (χ2n) is 6.31. The van der Waals surface area contributed by atoms with Gasteiger partial charge in [-0.05, 0) is 49.1 Å². The van der Waals surface area contributed by atoms with Crippen LogP contribution in [0.15, 0.2) is 52.7 Å². The molecule has 1 aromatic carbocycles. The summed E-state index contributed by atoms with van der Waals surface area (Å²) in [6, 6.07) is 9.78. The number of pyridine rings is 1. The molecule has 7 heteroatoms. The van der Waals surface area contributed by atoms with Crippen molar-refractivity contribution >= 4 is 28.6 Å². The molecule has 6 nitrogen and oxygen atoms in total. The fourth-order valence-corrected chi connectivity index (χ4v) is 3.99. The number of fused-ring (bicyclic) bond motifs is 1. The van der Waals surface area contributed by atoms with Gasteiger partial charge in [0, 0.05) is 27.8 Å². The van der Waals surface area contributed by atoms with Crippen LogP contribution in [-0.2, 0) is 0 Å². The van der Waals surface area contributed by atoms with Gasteiger partial charge in [0.05, 0.1) is 11.9 Å². The van der Waals surface area contributed by atoms with Crippen LogP contribution >= 0.6 is 11.8 Å². The minimum atomic E-state index is 0.308. The monoisotopic (exact) mass is 352 g/mol. The quantitative estimate of drug-likeness (QED) is 0.242. The molecule has 1 fully saturated rings. The van der Waals surface area contributed by atoms with Crippen LogP contribution in [0.2, 0.25) is 0 Å². The molecule has 4 N–H and O–H groups in total. The number of aromatic nitrogens is 3. The maximum Gasteiger partial charge on any atom is 0.162 e. The highest BCUT2D eigenvalue weighted by Crippen LogP contribution is 2.33. The molecule has 0 atom stereocenters. The van der Waals surface area contributed by atoms with E-state index in [-0.39, 0.29) is 0 Å². The van der Waals surface area contributed by atoms with Gasteiger partial charge in [-0.25, -0.2) is 9.67 Å². The standard InChI is InChI=1S/C18H20N6S/c19-17(23-20)13-4-6-15(7-5-13)24-18-14(9-22-24)8-16(10-21-18)25-11-12-2-1-3-12/h4-10,12H,1-3,11,20H2,(H2,19,23). The third kappa shape index (κ3) is 3.19. The molecular weight excluding hydrogens is 332 g/mol. The topological polar surface area (TPSA) is 95.1 Å². The van der Waals surface area contributed by atoms with Gasteiger partial charge in [-0.1, -0.05) is 6.42 Å². The van der Waals surface area contributed by atoms with Crippen LogP contribution in [0.4, 0.5) is 0 Å². The van der Waals surface area contributed by atoms with Gasteiger partial charge in [-0.3, -0.25) is 0 Å². The van der Waals surface area contributed by atoms with Crippen molar-refractivity contribution in [2.24, 2.45) is 22.6 Å². The van der Waals surface area contributed by atoms with Crippen molar-refractivity contribution in [3.63, 3.8) is 0 Å². The van der Waals surface area contributed by atoms with Crippen molar-refractivity contribution in [1.29, 1.82) is 0 Å². The third-order valence-electron chi connectivity index (χ3n) is 4.64. The molecule has 1 aliphatic rings. The number of amidine groups is 1. The second-order valence-corrected chi connectivity index (χ2v) is 7.40. The van der Waals surface area contributed by atoms with Crippen LogP contribution in [0.25, 0.3) is 16.7 Å². The van der Waals surface area contributed by atoms with E-state index in [1.807, 2.05) is 53.1 Å². The van der Waals surface area contributed by atoms with Crippen LogP contribution < -0.4 is 11.6 Å². The lowest BCUT2D eigenvalue weighted by atomic mass is 9.87. The number of hydrogen-bond acceptors (Lipinski definition) is 5. The lowest BCUT2D eigenvalue weighted by molar-refractivity contribution is 0.353. The minimum Gasteiger partial charge on any atom is -0.382 e. The Hall–Kier alpha value is -2.54. The molecule has 2 aromatic heterocycles. The summed E-state index contributed by atoms with van der Waals surface area (Å²) >= 11 is 1.89. The molecule has 0 spiro atoms. The zero-order valence-corrected chi connectivity index (χ0v) is 14.6. The van der Waals surface area contributed by atoms with Gasteiger partial charge in [-0.2, -0.15) is 10.2 Å². The Labute approximate surface area is 150 Å². The van der Waals surface area contributed by atoms with Crippen molar-refractivity contribution in [2.45, 2.75) is 24.2 Å². The summed E-state index contributed by atoms with van der Waals surface area (Å²) in [5.74, 6) is 7.59. The van der Waals surface area contributed by atoms with Crippen molar-refractivity contribution in [3.8, 4) is 5.69 Å². The summed E-state index contributed by atoms with van der Waals surface area (Å²) in [6.45, 7) is 0. The van der Waals surface area contributed by atoms with E-state index in [1.165, 1.54) is 29.9 Å². The molecule has 2 heterocycles. The molecule has 0 amide bonds. The van der Waals surface area contributed by atoms with Crippen molar-refractivity contribution in [3.05, 3.63) is 48.3 Å². The normalized spacial score (nSPS) is 15.4. The predicted octanol–water partition coefficient (Wildman–Crippen LogP) is 2.89. The van der Waals surface area contributed by atoms with E-state index in [2.05, 4.69) is 21.3 Å². The summed E-state index contributed by atoms with van der Waals surface area (Å²) in [4.78, 5) is 5.83. The van der Waals surface area contributed by atoms with Gasteiger partial charge in [0.15, 0.2) is 5.65 Å². The van der Waals surface area contributed by atoms with Gasteiger partial charge < -0.3 is 11.6 Å². The zero-order valence-electron chi connectivity index (χ0n) is 13.8. The Balaban J connectivity index is 1.57. The van der Waals surface area contributed by atoms with Gasteiger partial charge in [0.1, 0.15) is 5.84 Å². The number of hydrogen-bond donors (Lipinski definition) is 2. The molecule has 4 rings (SSSR count). The fraction of sp³-hybridized carbons (Fsp3) is 0.278. The first kappa shape index (κ1) is 16.0. The first-order valence-corrected chi connectivity index (χ1v) is 9.34. The predicted molar refractivity (Wildman–Crippen MR) is 102 cm³/mol. The van der Waals surface area contributed by atoms with Crippen LogP contribution in [0.1, 0.15) is 24.8 Å². The summed E-state index contributed by atoms with van der Waals surface area (Å²) in [6.07, 6.45) is 7.93. The Morgan fingerprint density at radius 3 is 2.72 bits per heavy atom. The maximum absolute atomic E-state index is 5.72. The Morgan fingerprint density at radius 2 is 2.04 bits per heavy atom. The first-order valence-electron chi connectivity index (χ1n) is 8.35. The number of thioether (sulfide) groups is 1. The van der Waals surface area contributed by atoms with Gasteiger partial charge in [-0.15, -0.1) is 11.8 Å². The van der Waals surface area contributed by atoms with Crippen LogP contribution in [0, 0.1) is 5.92 Å². The van der Waals surface area contributed by atoms with Crippen molar-refractivity contribution in [2.75, 3.05) is 5.75 Å². The average Bonchev–Trinajstić information content (AvgIpc) is 3.03. The third-order valence-corrected chi connectivity index (χ3v) is 5.83. The number of benzene rings is 1. The maximum atomic E-state index is 5.72. The van der Waals surface area contributed by atoms with Gasteiger partial charge in [0.25, 0.3) is 0 Å². The molecule has 0 radical (unpaired) electrons. The number of rotatable bonds is 5. The lowest BCUT2D eigenvalue weighted by Crippen LogP contribution is -2.15. The first-order chi connectivity index (χ1) is 12.2.